The Bertz CT molecular complexity index is 844. The van der Waals surface area contributed by atoms with Gasteiger partial charge < -0.3 is 19.9 Å². The number of nitrogens with one attached hydrogen (secondary N) is 1. The highest BCUT2D eigenvalue weighted by Crippen LogP contribution is 2.26. The number of aromatic nitrogens is 1. The van der Waals surface area contributed by atoms with Gasteiger partial charge in [0.25, 0.3) is 11.5 Å². The van der Waals surface area contributed by atoms with Gasteiger partial charge in [0.1, 0.15) is 11.3 Å². The average Bonchev–Trinajstić information content (AvgIpc) is 2.66. The van der Waals surface area contributed by atoms with Crippen molar-refractivity contribution >= 4 is 29.2 Å². The molecule has 2 heterocycles. The summed E-state index contributed by atoms with van der Waals surface area (Å²) in [6.07, 6.45) is 4.63. The lowest BCUT2D eigenvalue weighted by Gasteiger charge is -2.26. The summed E-state index contributed by atoms with van der Waals surface area (Å²) in [5.41, 5.74) is 0.0277. The molecule has 1 saturated heterocycles. The normalized spacial score (nSPS) is 14.7. The standard InChI is InChI=1S/C20H27N3O3.ClH/c1-2-23-16-10-5-4-9-15(16)18(24)17(20(23)26)19(25)21-11-8-14-22-12-6-3-7-13-22;/h4-5,9-10,24H,2-3,6-8,11-14H2,1H3,(H,21,25);1H. The molecule has 1 aliphatic rings. The van der Waals surface area contributed by atoms with Crippen molar-refractivity contribution in [1.29, 1.82) is 0 Å². The fourth-order valence-corrected chi connectivity index (χ4v) is 3.68. The topological polar surface area (TPSA) is 74.6 Å². The molecule has 148 valence electrons. The molecule has 1 fully saturated rings. The fourth-order valence-electron chi connectivity index (χ4n) is 3.68. The lowest BCUT2D eigenvalue weighted by molar-refractivity contribution is 0.0946. The molecule has 0 atom stereocenters. The maximum Gasteiger partial charge on any atom is 0.267 e. The van der Waals surface area contributed by atoms with Crippen LogP contribution in [0.1, 0.15) is 43.0 Å². The van der Waals surface area contributed by atoms with Crippen molar-refractivity contribution in [2.45, 2.75) is 39.2 Å². The predicted octanol–water partition coefficient (Wildman–Crippen LogP) is 2.75. The Kier molecular flexibility index (Phi) is 7.68. The molecule has 0 spiro atoms. The number of aryl methyl sites for hydroxylation is 1. The van der Waals surface area contributed by atoms with Gasteiger partial charge in [0.05, 0.1) is 5.52 Å². The Labute approximate surface area is 165 Å². The second-order valence-corrected chi connectivity index (χ2v) is 6.80. The summed E-state index contributed by atoms with van der Waals surface area (Å²) in [4.78, 5) is 27.7. The van der Waals surface area contributed by atoms with Crippen LogP contribution in [0.3, 0.4) is 0 Å². The van der Waals surface area contributed by atoms with Crippen LogP contribution in [-0.2, 0) is 6.54 Å². The number of halogens is 1. The zero-order valence-electron chi connectivity index (χ0n) is 15.7. The molecule has 2 N–H and O–H groups in total. The summed E-state index contributed by atoms with van der Waals surface area (Å²) in [5, 5.41) is 13.8. The van der Waals surface area contributed by atoms with Gasteiger partial charge in [0.2, 0.25) is 0 Å². The minimum atomic E-state index is -0.501. The Morgan fingerprint density at radius 3 is 2.59 bits per heavy atom. The third kappa shape index (κ3) is 4.62. The van der Waals surface area contributed by atoms with Gasteiger partial charge in [-0.1, -0.05) is 18.6 Å². The number of hydrogen-bond acceptors (Lipinski definition) is 4. The Balaban J connectivity index is 0.00000261. The monoisotopic (exact) mass is 393 g/mol. The number of benzene rings is 1. The first-order valence-corrected chi connectivity index (χ1v) is 9.48. The first-order chi connectivity index (χ1) is 12.6. The number of rotatable bonds is 6. The molecule has 0 bridgehead atoms. The maximum atomic E-state index is 12.7. The van der Waals surface area contributed by atoms with E-state index in [2.05, 4.69) is 10.2 Å². The van der Waals surface area contributed by atoms with Crippen molar-refractivity contribution in [3.05, 3.63) is 40.2 Å². The zero-order valence-corrected chi connectivity index (χ0v) is 16.6. The van der Waals surface area contributed by atoms with Gasteiger partial charge in [-0.3, -0.25) is 9.59 Å². The highest BCUT2D eigenvalue weighted by molar-refractivity contribution is 6.02. The van der Waals surface area contributed by atoms with E-state index in [9.17, 15) is 14.7 Å². The number of hydrogen-bond donors (Lipinski definition) is 2. The fraction of sp³-hybridized carbons (Fsp3) is 0.500. The van der Waals surface area contributed by atoms with E-state index in [4.69, 9.17) is 0 Å². The number of pyridine rings is 1. The second-order valence-electron chi connectivity index (χ2n) is 6.80. The van der Waals surface area contributed by atoms with Crippen molar-refractivity contribution in [1.82, 2.24) is 14.8 Å². The maximum absolute atomic E-state index is 12.7. The molecule has 3 rings (SSSR count). The van der Waals surface area contributed by atoms with Crippen LogP contribution in [0.25, 0.3) is 10.9 Å². The van der Waals surface area contributed by atoms with E-state index >= 15 is 0 Å². The lowest BCUT2D eigenvalue weighted by Crippen LogP contribution is -2.36. The largest absolute Gasteiger partial charge is 0.506 e. The molecule has 27 heavy (non-hydrogen) atoms. The summed E-state index contributed by atoms with van der Waals surface area (Å²) in [6.45, 7) is 5.98. The summed E-state index contributed by atoms with van der Waals surface area (Å²) in [5.74, 6) is -0.733. The van der Waals surface area contributed by atoms with Crippen LogP contribution >= 0.6 is 12.4 Å². The van der Waals surface area contributed by atoms with Gasteiger partial charge in [-0.05, 0) is 58.0 Å². The Morgan fingerprint density at radius 2 is 1.89 bits per heavy atom. The third-order valence-electron chi connectivity index (χ3n) is 5.07. The van der Waals surface area contributed by atoms with E-state index in [-0.39, 0.29) is 23.7 Å². The van der Waals surface area contributed by atoms with E-state index in [0.717, 1.165) is 26.1 Å². The number of carbonyl (C=O) groups excluding carboxylic acids is 1. The van der Waals surface area contributed by atoms with Gasteiger partial charge in [0.15, 0.2) is 0 Å². The van der Waals surface area contributed by atoms with E-state index < -0.39 is 11.5 Å². The number of carbonyl (C=O) groups is 1. The smallest absolute Gasteiger partial charge is 0.267 e. The van der Waals surface area contributed by atoms with E-state index in [1.165, 1.54) is 23.8 Å². The number of amides is 1. The number of aromatic hydroxyl groups is 1. The van der Waals surface area contributed by atoms with Crippen molar-refractivity contribution in [3.63, 3.8) is 0 Å². The summed E-state index contributed by atoms with van der Waals surface area (Å²) >= 11 is 0. The first kappa shape index (κ1) is 21.3. The lowest BCUT2D eigenvalue weighted by atomic mass is 10.1. The number of para-hydroxylation sites is 1. The van der Waals surface area contributed by atoms with Gasteiger partial charge >= 0.3 is 0 Å². The SMILES string of the molecule is CCn1c(=O)c(C(=O)NCCCN2CCCCC2)c(O)c2ccccc21.Cl. The Hall–Kier alpha value is -2.05. The molecule has 1 aromatic carbocycles. The van der Waals surface area contributed by atoms with E-state index in [0.29, 0.717) is 24.0 Å². The third-order valence-corrected chi connectivity index (χ3v) is 5.07. The average molecular weight is 394 g/mol. The van der Waals surface area contributed by atoms with Crippen LogP contribution in [0.4, 0.5) is 0 Å². The van der Waals surface area contributed by atoms with Crippen LogP contribution in [0.5, 0.6) is 5.75 Å². The molecule has 0 unspecified atom stereocenters. The van der Waals surface area contributed by atoms with Gasteiger partial charge in [-0.2, -0.15) is 0 Å². The minimum absolute atomic E-state index is 0. The van der Waals surface area contributed by atoms with E-state index in [1.807, 2.05) is 13.0 Å². The molecule has 1 amide bonds. The summed E-state index contributed by atoms with van der Waals surface area (Å²) in [6, 6.07) is 7.10. The van der Waals surface area contributed by atoms with E-state index in [1.54, 1.807) is 18.2 Å². The van der Waals surface area contributed by atoms with Gasteiger partial charge in [0, 0.05) is 18.5 Å². The first-order valence-electron chi connectivity index (χ1n) is 9.48. The molecule has 7 heteroatoms. The highest BCUT2D eigenvalue weighted by atomic mass is 35.5. The van der Waals surface area contributed by atoms with Crippen LogP contribution in [-0.4, -0.2) is 46.7 Å². The van der Waals surface area contributed by atoms with Crippen LogP contribution in [0.15, 0.2) is 29.1 Å². The summed E-state index contributed by atoms with van der Waals surface area (Å²) < 4.78 is 1.53. The van der Waals surface area contributed by atoms with Crippen LogP contribution < -0.4 is 10.9 Å². The zero-order chi connectivity index (χ0) is 18.5. The van der Waals surface area contributed by atoms with Crippen molar-refractivity contribution < 1.29 is 9.90 Å². The highest BCUT2D eigenvalue weighted by Gasteiger charge is 2.21. The van der Waals surface area contributed by atoms with Gasteiger partial charge in [-0.25, -0.2) is 0 Å². The number of fused-ring (bicyclic) bond motifs is 1. The molecular weight excluding hydrogens is 366 g/mol. The van der Waals surface area contributed by atoms with Gasteiger partial charge in [-0.15, -0.1) is 12.4 Å². The predicted molar refractivity (Wildman–Crippen MR) is 110 cm³/mol. The molecule has 0 saturated carbocycles. The Morgan fingerprint density at radius 1 is 1.19 bits per heavy atom. The van der Waals surface area contributed by atoms with Crippen molar-refractivity contribution in [3.8, 4) is 5.75 Å². The minimum Gasteiger partial charge on any atom is -0.506 e. The number of likely N-dealkylation sites (tertiary alicyclic amines) is 1. The van der Waals surface area contributed by atoms with Crippen molar-refractivity contribution in [2.24, 2.45) is 0 Å². The van der Waals surface area contributed by atoms with Crippen LogP contribution in [0.2, 0.25) is 0 Å². The molecular formula is C20H28ClN3O3. The molecule has 2 aromatic rings. The van der Waals surface area contributed by atoms with Crippen molar-refractivity contribution in [2.75, 3.05) is 26.2 Å². The quantitative estimate of drug-likeness (QED) is 0.740. The molecule has 1 aliphatic heterocycles. The molecule has 0 radical (unpaired) electrons. The molecule has 1 aromatic heterocycles. The molecule has 0 aliphatic carbocycles. The molecule has 6 nitrogen and oxygen atoms in total. The second kappa shape index (κ2) is 9.76. The number of piperidine rings is 1. The summed E-state index contributed by atoms with van der Waals surface area (Å²) in [7, 11) is 0. The van der Waals surface area contributed by atoms with Crippen LogP contribution in [0, 0.1) is 0 Å². The number of nitrogens with zero attached hydrogens (tertiary/aromatic N) is 2.